The van der Waals surface area contributed by atoms with Gasteiger partial charge in [-0.05, 0) is 25.8 Å². The minimum absolute atomic E-state index is 0.306. The lowest BCUT2D eigenvalue weighted by Crippen LogP contribution is -2.52. The average Bonchev–Trinajstić information content (AvgIpc) is 2.79. The van der Waals surface area contributed by atoms with Gasteiger partial charge in [0.25, 0.3) is 5.91 Å². The number of nitrogens with one attached hydrogen (secondary N) is 1. The molecule has 1 N–H and O–H groups in total. The molecule has 0 aromatic heterocycles. The lowest BCUT2D eigenvalue weighted by atomic mass is 9.66. The Labute approximate surface area is 140 Å². The highest BCUT2D eigenvalue weighted by Crippen LogP contribution is 2.65. The number of carbonyl (C=O) groups excluding carboxylic acids is 2. The molecular weight excluding hydrogens is 316 g/mol. The van der Waals surface area contributed by atoms with Crippen LogP contribution in [-0.4, -0.2) is 23.7 Å². The molecule has 1 aromatic rings. The summed E-state index contributed by atoms with van der Waals surface area (Å²) in [5.74, 6) is -0.695. The molecule has 1 heterocycles. The molecule has 2 atom stereocenters. The number of fused-ring (bicyclic) bond motifs is 2. The molecule has 122 valence electrons. The van der Waals surface area contributed by atoms with Crippen LogP contribution in [0.4, 0.5) is 0 Å². The molecule has 6 heteroatoms. The number of benzene rings is 1. The van der Waals surface area contributed by atoms with E-state index in [9.17, 15) is 9.59 Å². The molecule has 1 saturated heterocycles. The summed E-state index contributed by atoms with van der Waals surface area (Å²) in [6.45, 7) is 5.68. The molecule has 2 aliphatic rings. The Morgan fingerprint density at radius 1 is 1.30 bits per heavy atom. The van der Waals surface area contributed by atoms with Crippen LogP contribution in [0.5, 0.6) is 0 Å². The summed E-state index contributed by atoms with van der Waals surface area (Å²) in [7, 11) is 0. The Morgan fingerprint density at radius 3 is 2.57 bits per heavy atom. The van der Waals surface area contributed by atoms with Gasteiger partial charge in [-0.3, -0.25) is 9.59 Å². The lowest BCUT2D eigenvalue weighted by molar-refractivity contribution is -0.168. The van der Waals surface area contributed by atoms with Gasteiger partial charge in [0.05, 0.1) is 11.6 Å². The second-order valence-electron chi connectivity index (χ2n) is 6.89. The van der Waals surface area contributed by atoms with E-state index in [0.29, 0.717) is 23.4 Å². The zero-order valence-corrected chi connectivity index (χ0v) is 14.1. The zero-order valence-electron chi connectivity index (χ0n) is 13.4. The van der Waals surface area contributed by atoms with Gasteiger partial charge >= 0.3 is 5.97 Å². The number of esters is 1. The van der Waals surface area contributed by atoms with Gasteiger partial charge in [-0.1, -0.05) is 43.6 Å². The average molecular weight is 335 g/mol. The highest BCUT2D eigenvalue weighted by atomic mass is 35.5. The maximum Gasteiger partial charge on any atom is 0.313 e. The molecule has 2 bridgehead atoms. The van der Waals surface area contributed by atoms with Crippen molar-refractivity contribution in [3.63, 3.8) is 0 Å². The molecule has 0 radical (unpaired) electrons. The van der Waals surface area contributed by atoms with E-state index in [0.717, 1.165) is 0 Å². The van der Waals surface area contributed by atoms with Crippen molar-refractivity contribution in [2.75, 3.05) is 0 Å². The Morgan fingerprint density at radius 2 is 2.00 bits per heavy atom. The fourth-order valence-corrected chi connectivity index (χ4v) is 3.76. The number of carbonyl (C=O) groups is 2. The number of rotatable bonds is 3. The lowest BCUT2D eigenvalue weighted by Gasteiger charge is -2.34. The summed E-state index contributed by atoms with van der Waals surface area (Å²) in [6, 6.07) is 7.19. The van der Waals surface area contributed by atoms with Gasteiger partial charge in [0, 0.05) is 16.0 Å². The van der Waals surface area contributed by atoms with Crippen LogP contribution >= 0.6 is 11.6 Å². The van der Waals surface area contributed by atoms with Gasteiger partial charge in [-0.2, -0.15) is 5.10 Å². The Kier molecular flexibility index (Phi) is 3.52. The van der Waals surface area contributed by atoms with E-state index >= 15 is 0 Å². The van der Waals surface area contributed by atoms with Gasteiger partial charge < -0.3 is 4.74 Å². The fourth-order valence-electron chi connectivity index (χ4n) is 3.58. The number of halogens is 1. The minimum atomic E-state index is -1.16. The predicted molar refractivity (Wildman–Crippen MR) is 87.1 cm³/mol. The Bertz CT molecular complexity index is 716. The molecule has 2 fully saturated rings. The summed E-state index contributed by atoms with van der Waals surface area (Å²) in [5, 5.41) is 4.52. The first-order chi connectivity index (χ1) is 10.7. The van der Waals surface area contributed by atoms with Crippen molar-refractivity contribution in [3.8, 4) is 0 Å². The van der Waals surface area contributed by atoms with Crippen molar-refractivity contribution < 1.29 is 14.3 Å². The largest absolute Gasteiger partial charge is 0.448 e. The van der Waals surface area contributed by atoms with E-state index in [-0.39, 0.29) is 11.9 Å². The normalized spacial score (nSPS) is 31.4. The number of hydrogen-bond donors (Lipinski definition) is 1. The van der Waals surface area contributed by atoms with Crippen LogP contribution < -0.4 is 5.43 Å². The van der Waals surface area contributed by atoms with Crippen LogP contribution in [0.3, 0.4) is 0 Å². The second-order valence-corrected chi connectivity index (χ2v) is 7.30. The van der Waals surface area contributed by atoms with Gasteiger partial charge in [0.1, 0.15) is 0 Å². The third-order valence-electron chi connectivity index (χ3n) is 5.73. The first-order valence-corrected chi connectivity index (χ1v) is 7.94. The first kappa shape index (κ1) is 16.0. The van der Waals surface area contributed by atoms with Crippen molar-refractivity contribution in [2.45, 2.75) is 39.2 Å². The fraction of sp³-hybridized carbons (Fsp3) is 0.471. The molecule has 3 rings (SSSR count). The Hall–Kier alpha value is -1.88. The molecule has 0 unspecified atom stereocenters. The third-order valence-corrected chi connectivity index (χ3v) is 6.07. The third kappa shape index (κ3) is 2.02. The van der Waals surface area contributed by atoms with E-state index in [4.69, 9.17) is 16.3 Å². The van der Waals surface area contributed by atoms with E-state index in [1.165, 1.54) is 6.21 Å². The monoisotopic (exact) mass is 334 g/mol. The topological polar surface area (TPSA) is 67.8 Å². The number of amides is 1. The summed E-state index contributed by atoms with van der Waals surface area (Å²) < 4.78 is 5.50. The van der Waals surface area contributed by atoms with E-state index in [1.54, 1.807) is 12.1 Å². The first-order valence-electron chi connectivity index (χ1n) is 7.56. The summed E-state index contributed by atoms with van der Waals surface area (Å²) in [4.78, 5) is 24.8. The smallest absolute Gasteiger partial charge is 0.313 e. The molecule has 5 nitrogen and oxygen atoms in total. The van der Waals surface area contributed by atoms with Gasteiger partial charge in [-0.15, -0.1) is 0 Å². The van der Waals surface area contributed by atoms with Crippen molar-refractivity contribution >= 4 is 29.7 Å². The highest BCUT2D eigenvalue weighted by molar-refractivity contribution is 6.33. The van der Waals surface area contributed by atoms with Gasteiger partial charge in [-0.25, -0.2) is 5.43 Å². The van der Waals surface area contributed by atoms with E-state index in [2.05, 4.69) is 10.5 Å². The van der Waals surface area contributed by atoms with Crippen LogP contribution in [0.1, 0.15) is 39.2 Å². The van der Waals surface area contributed by atoms with Crippen LogP contribution in [0.15, 0.2) is 29.4 Å². The van der Waals surface area contributed by atoms with E-state index < -0.39 is 16.4 Å². The Balaban J connectivity index is 1.79. The predicted octanol–water partition coefficient (Wildman–Crippen LogP) is 2.91. The molecule has 1 aromatic carbocycles. The van der Waals surface area contributed by atoms with E-state index in [1.807, 2.05) is 32.9 Å². The molecule has 0 spiro atoms. The van der Waals surface area contributed by atoms with Crippen molar-refractivity contribution in [2.24, 2.45) is 15.9 Å². The molecule has 1 saturated carbocycles. The van der Waals surface area contributed by atoms with Crippen LogP contribution in [0, 0.1) is 10.8 Å². The summed E-state index contributed by atoms with van der Waals surface area (Å²) >= 11 is 6.04. The molecule has 1 aliphatic carbocycles. The van der Waals surface area contributed by atoms with Gasteiger partial charge in [0.15, 0.2) is 5.60 Å². The number of hydrazone groups is 1. The highest BCUT2D eigenvalue weighted by Gasteiger charge is 2.75. The molecule has 1 aliphatic heterocycles. The number of ether oxygens (including phenoxy) is 1. The maximum atomic E-state index is 12.7. The maximum absolute atomic E-state index is 12.7. The minimum Gasteiger partial charge on any atom is -0.448 e. The summed E-state index contributed by atoms with van der Waals surface area (Å²) in [5.41, 5.74) is 0.840. The molecular formula is C17H19ClN2O3. The van der Waals surface area contributed by atoms with Crippen LogP contribution in [-0.2, 0) is 14.3 Å². The zero-order chi connectivity index (χ0) is 16.9. The van der Waals surface area contributed by atoms with Crippen LogP contribution in [0.25, 0.3) is 0 Å². The summed E-state index contributed by atoms with van der Waals surface area (Å²) in [6.07, 6.45) is 2.63. The molecule has 23 heavy (non-hydrogen) atoms. The standard InChI is InChI=1S/C17H19ClN2O3/c1-15(2)16(3)8-9-17(15,23-14(16)22)13(21)20-19-10-11-6-4-5-7-12(11)18/h4-7,10H,8-9H2,1-3H3,(H,20,21)/b19-10-/t16-,17+/m1/s1. The second kappa shape index (κ2) is 5.06. The SMILES string of the molecule is CC1(C)[C@@]2(C(=O)N/N=C\c3ccccc3Cl)CC[C@]1(C)C(=O)O2. The van der Waals surface area contributed by atoms with Gasteiger partial charge in [0.2, 0.25) is 0 Å². The molecule has 1 amide bonds. The van der Waals surface area contributed by atoms with Crippen LogP contribution in [0.2, 0.25) is 5.02 Å². The quantitative estimate of drug-likeness (QED) is 0.525. The number of nitrogens with zero attached hydrogens (tertiary/aromatic N) is 1. The van der Waals surface area contributed by atoms with Crippen molar-refractivity contribution in [1.82, 2.24) is 5.43 Å². The van der Waals surface area contributed by atoms with Crippen molar-refractivity contribution in [1.29, 1.82) is 0 Å². The van der Waals surface area contributed by atoms with Crippen molar-refractivity contribution in [3.05, 3.63) is 34.9 Å². The number of hydrogen-bond acceptors (Lipinski definition) is 4.